The maximum absolute atomic E-state index is 13.2. The Morgan fingerprint density at radius 3 is 2.71 bits per heavy atom. The number of pyridine rings is 1. The number of fused-ring (bicyclic) bond motifs is 4. The van der Waals surface area contributed by atoms with Crippen LogP contribution in [0, 0.1) is 5.92 Å². The summed E-state index contributed by atoms with van der Waals surface area (Å²) in [7, 11) is 1.58. The summed E-state index contributed by atoms with van der Waals surface area (Å²) in [6, 6.07) is 11.1. The van der Waals surface area contributed by atoms with E-state index in [1.807, 2.05) is 45.9 Å². The van der Waals surface area contributed by atoms with Gasteiger partial charge in [-0.3, -0.25) is 4.79 Å². The van der Waals surface area contributed by atoms with Crippen LogP contribution in [0.25, 0.3) is 11.1 Å². The number of ether oxygens (including phenoxy) is 1. The summed E-state index contributed by atoms with van der Waals surface area (Å²) in [5.74, 6) is 0.988. The molecule has 3 aromatic rings. The van der Waals surface area contributed by atoms with Crippen molar-refractivity contribution in [1.29, 1.82) is 0 Å². The molecule has 2 bridgehead atoms. The van der Waals surface area contributed by atoms with Gasteiger partial charge in [-0.05, 0) is 36.6 Å². The number of urea groups is 1. The summed E-state index contributed by atoms with van der Waals surface area (Å²) >= 11 is 0. The number of nitrogens with zero attached hydrogens (tertiary/aromatic N) is 4. The van der Waals surface area contributed by atoms with Crippen LogP contribution in [-0.2, 0) is 6.54 Å². The summed E-state index contributed by atoms with van der Waals surface area (Å²) in [5.41, 5.74) is 2.94. The lowest BCUT2D eigenvalue weighted by atomic mass is 9.83. The standard InChI is InChI=1S/C23H23N5O3/c1-31-21-5-3-2-4-19(21)26-23(30)27-11-15-8-16(13-27)20-7-6-18(22(29)28(20)12-15)17-9-24-14-25-10-17/h2-7,9-10,14-16H,8,11-13H2,1H3,(H,26,30)/t15-,16+/m0/s1. The monoisotopic (exact) mass is 417 g/mol. The Morgan fingerprint density at radius 2 is 1.90 bits per heavy atom. The van der Waals surface area contributed by atoms with Crippen molar-refractivity contribution in [2.24, 2.45) is 5.92 Å². The molecule has 2 aliphatic heterocycles. The van der Waals surface area contributed by atoms with Gasteiger partial charge in [-0.15, -0.1) is 0 Å². The van der Waals surface area contributed by atoms with Gasteiger partial charge in [-0.1, -0.05) is 12.1 Å². The zero-order valence-electron chi connectivity index (χ0n) is 17.2. The molecule has 2 aromatic heterocycles. The highest BCUT2D eigenvalue weighted by Gasteiger charge is 2.37. The average molecular weight is 417 g/mol. The predicted molar refractivity (Wildman–Crippen MR) is 116 cm³/mol. The van der Waals surface area contributed by atoms with Crippen LogP contribution in [0.2, 0.25) is 0 Å². The number of hydrogen-bond acceptors (Lipinski definition) is 5. The number of rotatable bonds is 3. The van der Waals surface area contributed by atoms with E-state index in [1.165, 1.54) is 6.33 Å². The van der Waals surface area contributed by atoms with Gasteiger partial charge in [-0.25, -0.2) is 14.8 Å². The predicted octanol–water partition coefficient (Wildman–Crippen LogP) is 2.97. The molecule has 4 heterocycles. The number of aromatic nitrogens is 3. The molecule has 158 valence electrons. The zero-order valence-corrected chi connectivity index (χ0v) is 17.2. The zero-order chi connectivity index (χ0) is 21.4. The molecule has 1 saturated heterocycles. The van der Waals surface area contributed by atoms with Crippen molar-refractivity contribution in [3.8, 4) is 16.9 Å². The SMILES string of the molecule is COc1ccccc1NC(=O)N1C[C@@H]2C[C@H](C1)c1ccc(-c3cncnc3)c(=O)n1C2. The van der Waals surface area contributed by atoms with E-state index in [-0.39, 0.29) is 23.4 Å². The Kier molecular flexibility index (Phi) is 4.89. The number of carbonyl (C=O) groups is 1. The number of piperidine rings is 1. The number of anilines is 1. The summed E-state index contributed by atoms with van der Waals surface area (Å²) in [5, 5.41) is 2.97. The average Bonchev–Trinajstić information content (AvgIpc) is 2.80. The lowest BCUT2D eigenvalue weighted by Crippen LogP contribution is -2.50. The van der Waals surface area contributed by atoms with E-state index >= 15 is 0 Å². The topological polar surface area (TPSA) is 89.3 Å². The Hall–Kier alpha value is -3.68. The maximum Gasteiger partial charge on any atom is 0.321 e. The molecule has 2 atom stereocenters. The molecule has 2 aliphatic rings. The summed E-state index contributed by atoms with van der Waals surface area (Å²) in [6.45, 7) is 1.79. The molecule has 1 aromatic carbocycles. The van der Waals surface area contributed by atoms with Crippen molar-refractivity contribution in [3.05, 3.63) is 71.2 Å². The minimum absolute atomic E-state index is 0.0195. The molecule has 8 nitrogen and oxygen atoms in total. The highest BCUT2D eigenvalue weighted by Crippen LogP contribution is 2.36. The number of carbonyl (C=O) groups excluding carboxylic acids is 1. The van der Waals surface area contributed by atoms with Crippen LogP contribution in [-0.4, -0.2) is 45.7 Å². The third-order valence-electron chi connectivity index (χ3n) is 6.11. The van der Waals surface area contributed by atoms with Crippen LogP contribution < -0.4 is 15.6 Å². The van der Waals surface area contributed by atoms with E-state index in [4.69, 9.17) is 4.74 Å². The van der Waals surface area contributed by atoms with Gasteiger partial charge in [0.05, 0.1) is 18.4 Å². The van der Waals surface area contributed by atoms with Crippen LogP contribution in [0.15, 0.2) is 59.9 Å². The number of hydrogen-bond donors (Lipinski definition) is 1. The van der Waals surface area contributed by atoms with E-state index in [1.54, 1.807) is 19.5 Å². The molecule has 5 rings (SSSR count). The molecule has 0 aliphatic carbocycles. The summed E-state index contributed by atoms with van der Waals surface area (Å²) < 4.78 is 7.21. The number of amides is 2. The van der Waals surface area contributed by atoms with Gasteiger partial charge in [-0.2, -0.15) is 0 Å². The summed E-state index contributed by atoms with van der Waals surface area (Å²) in [6.07, 6.45) is 5.74. The first kappa shape index (κ1) is 19.3. The van der Waals surface area contributed by atoms with E-state index in [9.17, 15) is 9.59 Å². The molecule has 31 heavy (non-hydrogen) atoms. The van der Waals surface area contributed by atoms with Crippen LogP contribution in [0.4, 0.5) is 10.5 Å². The van der Waals surface area contributed by atoms with Crippen molar-refractivity contribution >= 4 is 11.7 Å². The minimum Gasteiger partial charge on any atom is -0.495 e. The van der Waals surface area contributed by atoms with Crippen molar-refractivity contribution in [1.82, 2.24) is 19.4 Å². The van der Waals surface area contributed by atoms with E-state index in [0.29, 0.717) is 36.6 Å². The first-order chi connectivity index (χ1) is 15.1. The van der Waals surface area contributed by atoms with Gasteiger partial charge in [0, 0.05) is 49.2 Å². The molecule has 0 unspecified atom stereocenters. The lowest BCUT2D eigenvalue weighted by Gasteiger charge is -2.42. The molecule has 0 radical (unpaired) electrons. The van der Waals surface area contributed by atoms with Crippen molar-refractivity contribution < 1.29 is 9.53 Å². The maximum atomic E-state index is 13.2. The second-order valence-corrected chi connectivity index (χ2v) is 8.05. The van der Waals surface area contributed by atoms with Crippen molar-refractivity contribution in [2.45, 2.75) is 18.9 Å². The van der Waals surface area contributed by atoms with E-state index in [0.717, 1.165) is 17.7 Å². The highest BCUT2D eigenvalue weighted by atomic mass is 16.5. The number of para-hydroxylation sites is 2. The Balaban J connectivity index is 1.39. The van der Waals surface area contributed by atoms with Crippen LogP contribution in [0.3, 0.4) is 0 Å². The van der Waals surface area contributed by atoms with Crippen LogP contribution >= 0.6 is 0 Å². The minimum atomic E-state index is -0.145. The second kappa shape index (κ2) is 7.86. The first-order valence-corrected chi connectivity index (χ1v) is 10.3. The fourth-order valence-electron chi connectivity index (χ4n) is 4.71. The fourth-order valence-corrected chi connectivity index (χ4v) is 4.71. The third kappa shape index (κ3) is 3.54. The third-order valence-corrected chi connectivity index (χ3v) is 6.11. The van der Waals surface area contributed by atoms with Crippen LogP contribution in [0.5, 0.6) is 5.75 Å². The van der Waals surface area contributed by atoms with Gasteiger partial charge in [0.15, 0.2) is 0 Å². The largest absolute Gasteiger partial charge is 0.495 e. The van der Waals surface area contributed by atoms with Gasteiger partial charge in [0.1, 0.15) is 12.1 Å². The van der Waals surface area contributed by atoms with E-state index < -0.39 is 0 Å². The molecule has 1 fully saturated rings. The van der Waals surface area contributed by atoms with E-state index in [2.05, 4.69) is 15.3 Å². The number of methoxy groups -OCH3 is 1. The second-order valence-electron chi connectivity index (χ2n) is 8.05. The Bertz CT molecular complexity index is 1180. The van der Waals surface area contributed by atoms with Gasteiger partial charge in [0.2, 0.25) is 0 Å². The molecular formula is C23H23N5O3. The van der Waals surface area contributed by atoms with Gasteiger partial charge < -0.3 is 19.5 Å². The van der Waals surface area contributed by atoms with Crippen molar-refractivity contribution in [2.75, 3.05) is 25.5 Å². The molecular weight excluding hydrogens is 394 g/mol. The van der Waals surface area contributed by atoms with Gasteiger partial charge in [0.25, 0.3) is 5.56 Å². The highest BCUT2D eigenvalue weighted by molar-refractivity contribution is 5.91. The smallest absolute Gasteiger partial charge is 0.321 e. The van der Waals surface area contributed by atoms with Crippen LogP contribution in [0.1, 0.15) is 18.0 Å². The fraction of sp³-hybridized carbons (Fsp3) is 0.304. The molecule has 2 amide bonds. The summed E-state index contributed by atoms with van der Waals surface area (Å²) in [4.78, 5) is 36.0. The molecule has 8 heteroatoms. The van der Waals surface area contributed by atoms with Gasteiger partial charge >= 0.3 is 6.03 Å². The van der Waals surface area contributed by atoms with Crippen molar-refractivity contribution in [3.63, 3.8) is 0 Å². The Labute approximate surface area is 179 Å². The number of likely N-dealkylation sites (tertiary alicyclic amines) is 1. The quantitative estimate of drug-likeness (QED) is 0.708. The lowest BCUT2D eigenvalue weighted by molar-refractivity contribution is 0.139. The molecule has 0 spiro atoms. The molecule has 1 N–H and O–H groups in total. The number of benzene rings is 1. The Morgan fingerprint density at radius 1 is 1.10 bits per heavy atom. The molecule has 0 saturated carbocycles. The first-order valence-electron chi connectivity index (χ1n) is 10.3. The number of nitrogens with one attached hydrogen (secondary N) is 1. The normalized spacial score (nSPS) is 19.5.